The van der Waals surface area contributed by atoms with Crippen molar-refractivity contribution < 1.29 is 22.7 Å². The number of sulfonamides is 1. The van der Waals surface area contributed by atoms with Gasteiger partial charge in [-0.05, 0) is 43.2 Å². The number of likely N-dealkylation sites (N-methyl/N-ethyl adjacent to an activating group) is 1. The number of benzene rings is 2. The summed E-state index contributed by atoms with van der Waals surface area (Å²) in [5.74, 6) is 0.253. The molecule has 0 aliphatic carbocycles. The van der Waals surface area contributed by atoms with E-state index in [1.165, 1.54) is 18.2 Å². The number of halogens is 1. The van der Waals surface area contributed by atoms with Gasteiger partial charge in [0.1, 0.15) is 17.3 Å². The quantitative estimate of drug-likeness (QED) is 0.676. The lowest BCUT2D eigenvalue weighted by Gasteiger charge is -2.30. The number of carbonyl (C=O) groups is 1. The Morgan fingerprint density at radius 2 is 1.94 bits per heavy atom. The van der Waals surface area contributed by atoms with E-state index in [2.05, 4.69) is 17.0 Å². The molecular formula is C23H30ClN3O5S. The van der Waals surface area contributed by atoms with Crippen LogP contribution < -0.4 is 14.8 Å². The molecule has 0 fully saturated rings. The number of nitrogens with one attached hydrogen (secondary N) is 2. The van der Waals surface area contributed by atoms with Crippen molar-refractivity contribution in [2.75, 3.05) is 38.6 Å². The van der Waals surface area contributed by atoms with Gasteiger partial charge in [0.2, 0.25) is 0 Å². The molecule has 10 heteroatoms. The van der Waals surface area contributed by atoms with Crippen LogP contribution >= 0.6 is 11.6 Å². The molecule has 2 N–H and O–H groups in total. The molecule has 180 valence electrons. The fourth-order valence-corrected chi connectivity index (χ4v) is 5.17. The van der Waals surface area contributed by atoms with Crippen LogP contribution in [0, 0.1) is 5.92 Å². The summed E-state index contributed by atoms with van der Waals surface area (Å²) in [4.78, 5) is 14.8. The number of hydrogen-bond acceptors (Lipinski definition) is 6. The minimum absolute atomic E-state index is 0.0449. The molecule has 0 bridgehead atoms. The number of hydrogen-bond donors (Lipinski definition) is 2. The molecule has 2 aromatic carbocycles. The van der Waals surface area contributed by atoms with Crippen LogP contribution in [0.1, 0.15) is 24.2 Å². The molecule has 0 saturated carbocycles. The van der Waals surface area contributed by atoms with Gasteiger partial charge in [-0.2, -0.15) is 0 Å². The van der Waals surface area contributed by atoms with Crippen molar-refractivity contribution in [3.8, 4) is 5.75 Å². The van der Waals surface area contributed by atoms with E-state index >= 15 is 0 Å². The lowest BCUT2D eigenvalue weighted by molar-refractivity contribution is 0.0281. The Balaban J connectivity index is 1.95. The third-order valence-corrected chi connectivity index (χ3v) is 7.48. The lowest BCUT2D eigenvalue weighted by Crippen LogP contribution is -2.44. The van der Waals surface area contributed by atoms with E-state index in [4.69, 9.17) is 21.1 Å². The SMILES string of the molecule is CO[C@H]1CN(C)C(=O)c2cc(NS(=O)(=O)c3ccccc3Cl)ccc2OC[C@H](C)NC[C@H]1C. The Labute approximate surface area is 200 Å². The number of methoxy groups -OCH3 is 1. The van der Waals surface area contributed by atoms with Crippen LogP contribution in [0.2, 0.25) is 5.02 Å². The summed E-state index contributed by atoms with van der Waals surface area (Å²) in [7, 11) is -0.628. The van der Waals surface area contributed by atoms with Crippen molar-refractivity contribution in [1.82, 2.24) is 10.2 Å². The van der Waals surface area contributed by atoms with E-state index in [9.17, 15) is 13.2 Å². The zero-order valence-electron chi connectivity index (χ0n) is 19.2. The van der Waals surface area contributed by atoms with E-state index in [0.717, 1.165) is 6.54 Å². The largest absolute Gasteiger partial charge is 0.491 e. The molecule has 8 nitrogen and oxygen atoms in total. The van der Waals surface area contributed by atoms with E-state index in [-0.39, 0.29) is 45.1 Å². The Morgan fingerprint density at radius 1 is 1.21 bits per heavy atom. The van der Waals surface area contributed by atoms with Crippen molar-refractivity contribution in [1.29, 1.82) is 0 Å². The van der Waals surface area contributed by atoms with Crippen LogP contribution in [-0.4, -0.2) is 65.2 Å². The van der Waals surface area contributed by atoms with E-state index in [0.29, 0.717) is 18.9 Å². The fourth-order valence-electron chi connectivity index (χ4n) is 3.60. The molecule has 3 atom stereocenters. The fraction of sp³-hybridized carbons (Fsp3) is 0.435. The third-order valence-electron chi connectivity index (χ3n) is 5.60. The number of nitrogens with zero attached hydrogens (tertiary/aromatic N) is 1. The maximum absolute atomic E-state index is 13.3. The van der Waals surface area contributed by atoms with Gasteiger partial charge in [0.25, 0.3) is 15.9 Å². The van der Waals surface area contributed by atoms with Gasteiger partial charge in [-0.25, -0.2) is 8.42 Å². The first kappa shape index (κ1) is 25.3. The standard InChI is InChI=1S/C23H30ClN3O5S/c1-15-12-25-16(2)14-32-20-10-9-17(11-18(20)23(28)27(3)13-21(15)31-4)26-33(29,30)22-8-6-5-7-19(22)24/h5-11,15-16,21,25-26H,12-14H2,1-4H3/t15-,16+,21+/m1/s1. The highest BCUT2D eigenvalue weighted by molar-refractivity contribution is 7.92. The summed E-state index contributed by atoms with van der Waals surface area (Å²) in [6, 6.07) is 10.9. The molecule has 33 heavy (non-hydrogen) atoms. The normalized spacial score (nSPS) is 22.5. The summed E-state index contributed by atoms with van der Waals surface area (Å²) in [6.07, 6.45) is -0.163. The molecular weight excluding hydrogens is 466 g/mol. The predicted octanol–water partition coefficient (Wildman–Crippen LogP) is 3.23. The summed E-state index contributed by atoms with van der Waals surface area (Å²) in [6.45, 7) is 5.51. The third kappa shape index (κ3) is 6.17. The van der Waals surface area contributed by atoms with Crippen molar-refractivity contribution in [2.45, 2.75) is 30.9 Å². The molecule has 0 unspecified atom stereocenters. The highest BCUT2D eigenvalue weighted by Crippen LogP contribution is 2.28. The van der Waals surface area contributed by atoms with Crippen LogP contribution in [0.15, 0.2) is 47.4 Å². The number of amides is 1. The lowest BCUT2D eigenvalue weighted by atomic mass is 10.0. The summed E-state index contributed by atoms with van der Waals surface area (Å²) in [5, 5.41) is 3.53. The molecule has 1 aliphatic heterocycles. The van der Waals surface area contributed by atoms with Gasteiger partial charge in [-0.15, -0.1) is 0 Å². The average molecular weight is 496 g/mol. The smallest absolute Gasteiger partial charge is 0.263 e. The molecule has 1 amide bonds. The number of rotatable bonds is 4. The van der Waals surface area contributed by atoms with Crippen molar-refractivity contribution in [2.24, 2.45) is 5.92 Å². The highest BCUT2D eigenvalue weighted by atomic mass is 35.5. The van der Waals surface area contributed by atoms with Gasteiger partial charge in [-0.3, -0.25) is 9.52 Å². The first-order chi connectivity index (χ1) is 15.6. The second-order valence-electron chi connectivity index (χ2n) is 8.30. The second kappa shape index (κ2) is 10.7. The maximum atomic E-state index is 13.3. The summed E-state index contributed by atoms with van der Waals surface area (Å²) >= 11 is 6.07. The molecule has 0 spiro atoms. The predicted molar refractivity (Wildman–Crippen MR) is 129 cm³/mol. The van der Waals surface area contributed by atoms with Gasteiger partial charge >= 0.3 is 0 Å². The van der Waals surface area contributed by atoms with Crippen LogP contribution in [-0.2, 0) is 14.8 Å². The molecule has 1 heterocycles. The van der Waals surface area contributed by atoms with E-state index in [1.54, 1.807) is 43.3 Å². The molecule has 0 saturated heterocycles. The Morgan fingerprint density at radius 3 is 2.64 bits per heavy atom. The molecule has 3 rings (SSSR count). The van der Waals surface area contributed by atoms with Crippen LogP contribution in [0.3, 0.4) is 0 Å². The van der Waals surface area contributed by atoms with Crippen LogP contribution in [0.5, 0.6) is 5.75 Å². The van der Waals surface area contributed by atoms with Crippen molar-refractivity contribution >= 4 is 33.2 Å². The molecule has 1 aliphatic rings. The van der Waals surface area contributed by atoms with E-state index in [1.807, 2.05) is 6.92 Å². The Bertz CT molecular complexity index is 1100. The van der Waals surface area contributed by atoms with Crippen LogP contribution in [0.25, 0.3) is 0 Å². The van der Waals surface area contributed by atoms with E-state index < -0.39 is 10.0 Å². The first-order valence-corrected chi connectivity index (χ1v) is 12.5. The topological polar surface area (TPSA) is 97.0 Å². The first-order valence-electron chi connectivity index (χ1n) is 10.7. The molecule has 2 aromatic rings. The zero-order valence-corrected chi connectivity index (χ0v) is 20.7. The van der Waals surface area contributed by atoms with Crippen molar-refractivity contribution in [3.05, 3.63) is 53.1 Å². The zero-order chi connectivity index (χ0) is 24.2. The summed E-state index contributed by atoms with van der Waals surface area (Å²) in [5.41, 5.74) is 0.487. The molecule has 0 aromatic heterocycles. The number of carbonyl (C=O) groups excluding carboxylic acids is 1. The van der Waals surface area contributed by atoms with Crippen LogP contribution in [0.4, 0.5) is 5.69 Å². The number of fused-ring (bicyclic) bond motifs is 1. The van der Waals surface area contributed by atoms with Crippen molar-refractivity contribution in [3.63, 3.8) is 0 Å². The Hall–Kier alpha value is -2.33. The average Bonchev–Trinajstić information content (AvgIpc) is 2.78. The second-order valence-corrected chi connectivity index (χ2v) is 10.4. The van der Waals surface area contributed by atoms with Gasteiger partial charge in [0.15, 0.2) is 0 Å². The summed E-state index contributed by atoms with van der Waals surface area (Å²) < 4.78 is 39.8. The monoisotopic (exact) mass is 495 g/mol. The highest BCUT2D eigenvalue weighted by Gasteiger charge is 2.26. The maximum Gasteiger partial charge on any atom is 0.263 e. The minimum Gasteiger partial charge on any atom is -0.491 e. The van der Waals surface area contributed by atoms with Gasteiger partial charge in [0.05, 0.1) is 16.7 Å². The Kier molecular flexibility index (Phi) is 8.23. The number of ether oxygens (including phenoxy) is 2. The van der Waals surface area contributed by atoms with Gasteiger partial charge < -0.3 is 19.7 Å². The van der Waals surface area contributed by atoms with Gasteiger partial charge in [-0.1, -0.05) is 30.7 Å². The molecule has 0 radical (unpaired) electrons. The number of anilines is 1. The van der Waals surface area contributed by atoms with Gasteiger partial charge in [0, 0.05) is 39.0 Å². The minimum atomic E-state index is -3.95.